The lowest BCUT2D eigenvalue weighted by Crippen LogP contribution is -2.45. The minimum Gasteiger partial charge on any atom is -0.497 e. The summed E-state index contributed by atoms with van der Waals surface area (Å²) in [5.41, 5.74) is 1.98. The van der Waals surface area contributed by atoms with E-state index >= 15 is 0 Å². The van der Waals surface area contributed by atoms with Gasteiger partial charge in [0, 0.05) is 18.0 Å². The molecule has 3 aromatic rings. The third kappa shape index (κ3) is 4.49. The zero-order chi connectivity index (χ0) is 20.9. The molecule has 0 radical (unpaired) electrons. The molecule has 0 bridgehead atoms. The van der Waals surface area contributed by atoms with E-state index in [1.807, 2.05) is 42.5 Å². The van der Waals surface area contributed by atoms with Crippen LogP contribution in [0.25, 0.3) is 0 Å². The van der Waals surface area contributed by atoms with E-state index in [0.29, 0.717) is 12.3 Å². The van der Waals surface area contributed by atoms with Gasteiger partial charge in [-0.2, -0.15) is 0 Å². The van der Waals surface area contributed by atoms with Crippen molar-refractivity contribution >= 4 is 23.3 Å². The van der Waals surface area contributed by atoms with E-state index in [-0.39, 0.29) is 23.6 Å². The van der Waals surface area contributed by atoms with Gasteiger partial charge in [0.1, 0.15) is 11.8 Å². The summed E-state index contributed by atoms with van der Waals surface area (Å²) in [5, 5.41) is 8.54. The van der Waals surface area contributed by atoms with Crippen LogP contribution in [0.4, 0.5) is 0 Å². The quantitative estimate of drug-likeness (QED) is 0.603. The number of rotatable bonds is 8. The Morgan fingerprint density at radius 2 is 1.90 bits per heavy atom. The minimum absolute atomic E-state index is 0.00813. The first-order valence-corrected chi connectivity index (χ1v) is 10.6. The van der Waals surface area contributed by atoms with Gasteiger partial charge in [-0.1, -0.05) is 47.0 Å². The van der Waals surface area contributed by atoms with Crippen molar-refractivity contribution in [2.24, 2.45) is 0 Å². The molecule has 1 saturated carbocycles. The first-order chi connectivity index (χ1) is 14.7. The predicted octanol–water partition coefficient (Wildman–Crippen LogP) is 3.21. The second-order valence-corrected chi connectivity index (χ2v) is 7.72. The Morgan fingerprint density at radius 3 is 2.50 bits per heavy atom. The van der Waals surface area contributed by atoms with E-state index in [0.717, 1.165) is 35.5 Å². The Kier molecular flexibility index (Phi) is 6.04. The summed E-state index contributed by atoms with van der Waals surface area (Å²) in [6, 6.07) is 16.2. The highest BCUT2D eigenvalue weighted by atomic mass is 32.1. The zero-order valence-electron chi connectivity index (χ0n) is 16.5. The van der Waals surface area contributed by atoms with Crippen LogP contribution < -0.4 is 10.1 Å². The number of benzene rings is 2. The molecule has 154 valence electrons. The van der Waals surface area contributed by atoms with Crippen LogP contribution in [0.2, 0.25) is 0 Å². The van der Waals surface area contributed by atoms with Gasteiger partial charge in [-0.15, -0.1) is 5.10 Å². The summed E-state index contributed by atoms with van der Waals surface area (Å²) in [6.45, 7) is 0.386. The normalized spacial score (nSPS) is 14.0. The van der Waals surface area contributed by atoms with Crippen molar-refractivity contribution in [1.29, 1.82) is 0 Å². The molecule has 2 aromatic carbocycles. The van der Waals surface area contributed by atoms with E-state index in [1.165, 1.54) is 0 Å². The third-order valence-electron chi connectivity index (χ3n) is 5.02. The second-order valence-electron chi connectivity index (χ2n) is 7.11. The molecular weight excluding hydrogens is 400 g/mol. The smallest absolute Gasteiger partial charge is 0.276 e. The van der Waals surface area contributed by atoms with Gasteiger partial charge in [0.2, 0.25) is 5.91 Å². The number of methoxy groups -OCH3 is 1. The van der Waals surface area contributed by atoms with Crippen molar-refractivity contribution in [2.45, 2.75) is 31.5 Å². The summed E-state index contributed by atoms with van der Waals surface area (Å²) in [5.74, 6) is 0.185. The fourth-order valence-corrected chi connectivity index (χ4v) is 3.77. The maximum absolute atomic E-state index is 13.3. The standard InChI is InChI=1S/C22H22N4O3S/c1-29-18-11-7-16(8-12-18)20(21(27)23-13-15-5-3-2-4-6-15)26(17-9-10-17)22(28)19-14-30-25-24-19/h2-8,11-12,14,17,20H,9-10,13H2,1H3,(H,23,27)/t20-/m0/s1. The summed E-state index contributed by atoms with van der Waals surface area (Å²) < 4.78 is 9.05. The van der Waals surface area contributed by atoms with Gasteiger partial charge in [-0.05, 0) is 47.6 Å². The highest BCUT2D eigenvalue weighted by Crippen LogP contribution is 2.36. The van der Waals surface area contributed by atoms with Gasteiger partial charge in [0.15, 0.2) is 5.69 Å². The molecule has 1 aliphatic carbocycles. The minimum atomic E-state index is -0.763. The van der Waals surface area contributed by atoms with Crippen molar-refractivity contribution < 1.29 is 14.3 Å². The van der Waals surface area contributed by atoms with Crippen molar-refractivity contribution in [2.75, 3.05) is 7.11 Å². The number of hydrogen-bond donors (Lipinski definition) is 1. The topological polar surface area (TPSA) is 84.4 Å². The Hall–Kier alpha value is -3.26. The van der Waals surface area contributed by atoms with Crippen LogP contribution in [0, 0.1) is 0 Å². The molecule has 4 rings (SSSR count). The van der Waals surface area contributed by atoms with Crippen LogP contribution in [0.15, 0.2) is 60.0 Å². The molecule has 2 amide bonds. The molecule has 1 fully saturated rings. The van der Waals surface area contributed by atoms with E-state index in [2.05, 4.69) is 14.9 Å². The molecule has 0 saturated heterocycles. The number of ether oxygens (including phenoxy) is 1. The third-order valence-corrected chi connectivity index (χ3v) is 5.53. The molecular formula is C22H22N4O3S. The summed E-state index contributed by atoms with van der Waals surface area (Å²) >= 11 is 1.12. The predicted molar refractivity (Wildman–Crippen MR) is 113 cm³/mol. The van der Waals surface area contributed by atoms with Crippen molar-refractivity contribution in [1.82, 2.24) is 19.8 Å². The lowest BCUT2D eigenvalue weighted by atomic mass is 10.0. The molecule has 0 spiro atoms. The fourth-order valence-electron chi connectivity index (χ4n) is 3.34. The van der Waals surface area contributed by atoms with Crippen molar-refractivity contribution in [3.63, 3.8) is 0 Å². The molecule has 0 unspecified atom stereocenters. The lowest BCUT2D eigenvalue weighted by Gasteiger charge is -2.31. The zero-order valence-corrected chi connectivity index (χ0v) is 17.3. The van der Waals surface area contributed by atoms with E-state index in [9.17, 15) is 9.59 Å². The van der Waals surface area contributed by atoms with Crippen molar-refractivity contribution in [3.05, 3.63) is 76.8 Å². The van der Waals surface area contributed by atoms with Crippen LogP contribution in [0.5, 0.6) is 5.75 Å². The maximum atomic E-state index is 13.3. The van der Waals surface area contributed by atoms with E-state index in [4.69, 9.17) is 4.74 Å². The van der Waals surface area contributed by atoms with Crippen LogP contribution in [0.1, 0.15) is 40.5 Å². The van der Waals surface area contributed by atoms with Gasteiger partial charge in [0.25, 0.3) is 5.91 Å². The first kappa shape index (κ1) is 20.0. The largest absolute Gasteiger partial charge is 0.497 e. The highest BCUT2D eigenvalue weighted by molar-refractivity contribution is 7.03. The number of nitrogens with one attached hydrogen (secondary N) is 1. The molecule has 7 nitrogen and oxygen atoms in total. The number of carbonyl (C=O) groups is 2. The van der Waals surface area contributed by atoms with Crippen LogP contribution in [-0.4, -0.2) is 39.5 Å². The number of amides is 2. The molecule has 1 heterocycles. The maximum Gasteiger partial charge on any atom is 0.276 e. The number of nitrogens with zero attached hydrogens (tertiary/aromatic N) is 3. The summed E-state index contributed by atoms with van der Waals surface area (Å²) in [7, 11) is 1.59. The van der Waals surface area contributed by atoms with Gasteiger partial charge in [-0.25, -0.2) is 0 Å². The molecule has 1 atom stereocenters. The van der Waals surface area contributed by atoms with Gasteiger partial charge >= 0.3 is 0 Å². The first-order valence-electron chi connectivity index (χ1n) is 9.72. The Morgan fingerprint density at radius 1 is 1.17 bits per heavy atom. The SMILES string of the molecule is COc1ccc([C@@H](C(=O)NCc2ccccc2)N(C(=O)c2csnn2)C2CC2)cc1. The molecule has 1 N–H and O–H groups in total. The second kappa shape index (κ2) is 9.04. The monoisotopic (exact) mass is 422 g/mol. The lowest BCUT2D eigenvalue weighted by molar-refractivity contribution is -0.126. The number of aromatic nitrogens is 2. The number of hydrogen-bond acceptors (Lipinski definition) is 6. The van der Waals surface area contributed by atoms with Gasteiger partial charge < -0.3 is 15.0 Å². The van der Waals surface area contributed by atoms with Crippen LogP contribution >= 0.6 is 11.5 Å². The van der Waals surface area contributed by atoms with Crippen LogP contribution in [0.3, 0.4) is 0 Å². The molecule has 0 aliphatic heterocycles. The average Bonchev–Trinajstić information content (AvgIpc) is 3.47. The Bertz CT molecular complexity index is 989. The van der Waals surface area contributed by atoms with Crippen molar-refractivity contribution in [3.8, 4) is 5.75 Å². The summed E-state index contributed by atoms with van der Waals surface area (Å²) in [4.78, 5) is 28.2. The molecule has 1 aromatic heterocycles. The van der Waals surface area contributed by atoms with E-state index in [1.54, 1.807) is 29.5 Å². The van der Waals surface area contributed by atoms with Gasteiger partial charge in [-0.3, -0.25) is 9.59 Å². The van der Waals surface area contributed by atoms with E-state index < -0.39 is 6.04 Å². The molecule has 30 heavy (non-hydrogen) atoms. The van der Waals surface area contributed by atoms with Gasteiger partial charge in [0.05, 0.1) is 7.11 Å². The number of carbonyl (C=O) groups excluding carboxylic acids is 2. The highest BCUT2D eigenvalue weighted by Gasteiger charge is 2.42. The summed E-state index contributed by atoms with van der Waals surface area (Å²) in [6.07, 6.45) is 1.73. The van der Waals surface area contributed by atoms with Crippen LogP contribution in [-0.2, 0) is 11.3 Å². The Balaban J connectivity index is 1.64. The average molecular weight is 423 g/mol. The molecule has 8 heteroatoms. The Labute approximate surface area is 178 Å². The fraction of sp³-hybridized carbons (Fsp3) is 0.273. The molecule has 1 aliphatic rings.